The topological polar surface area (TPSA) is 164 Å². The number of carboxylic acid groups (broad SMARTS) is 2. The predicted octanol–water partition coefficient (Wildman–Crippen LogP) is 3.50. The number of carboxylic acids is 2. The first-order chi connectivity index (χ1) is 19.3. The molecule has 40 heavy (non-hydrogen) atoms. The number of H-pyrrole nitrogens is 2. The lowest BCUT2D eigenvalue weighted by Crippen LogP contribution is -2.42. The van der Waals surface area contributed by atoms with Crippen molar-refractivity contribution in [2.75, 3.05) is 0 Å². The molecule has 0 spiro atoms. The Labute approximate surface area is 228 Å². The summed E-state index contributed by atoms with van der Waals surface area (Å²) in [5.74, 6) is -3.57. The lowest BCUT2D eigenvalue weighted by atomic mass is 10.0. The van der Waals surface area contributed by atoms with E-state index in [-0.39, 0.29) is 24.0 Å². The Kier molecular flexibility index (Phi) is 7.32. The zero-order valence-corrected chi connectivity index (χ0v) is 21.2. The molecular formula is C30H26N4O6. The first-order valence-corrected chi connectivity index (χ1v) is 12.6. The molecule has 0 fully saturated rings. The van der Waals surface area contributed by atoms with Crippen molar-refractivity contribution >= 4 is 45.6 Å². The number of carbonyl (C=O) groups is 4. The van der Waals surface area contributed by atoms with Gasteiger partial charge in [0, 0.05) is 58.2 Å². The zero-order chi connectivity index (χ0) is 28.2. The highest BCUT2D eigenvalue weighted by Crippen LogP contribution is 2.21. The third-order valence-electron chi connectivity index (χ3n) is 6.81. The number of carbonyl (C=O) groups excluding carboxylic acids is 2. The SMILES string of the molecule is O=C(NC(Cc1c[nH]c2ccccc12)C(=O)O)c1ccc(C(=O)NC(Cc2c[nH]c3ccccc23)C(=O)O)cc1. The Balaban J connectivity index is 1.24. The van der Waals surface area contributed by atoms with Crippen molar-refractivity contribution < 1.29 is 29.4 Å². The Morgan fingerprint density at radius 2 is 0.975 bits per heavy atom. The van der Waals surface area contributed by atoms with Crippen LogP contribution in [0.3, 0.4) is 0 Å². The number of amides is 2. The van der Waals surface area contributed by atoms with Gasteiger partial charge >= 0.3 is 11.9 Å². The molecule has 202 valence electrons. The van der Waals surface area contributed by atoms with E-state index in [4.69, 9.17) is 0 Å². The molecule has 0 aliphatic rings. The smallest absolute Gasteiger partial charge is 0.326 e. The van der Waals surface area contributed by atoms with Crippen LogP contribution in [-0.2, 0) is 22.4 Å². The van der Waals surface area contributed by atoms with Crippen molar-refractivity contribution in [2.45, 2.75) is 24.9 Å². The first-order valence-electron chi connectivity index (χ1n) is 12.6. The van der Waals surface area contributed by atoms with Gasteiger partial charge in [-0.3, -0.25) is 9.59 Å². The van der Waals surface area contributed by atoms with Crippen LogP contribution in [0.15, 0.2) is 85.2 Å². The Bertz CT molecular complexity index is 1590. The van der Waals surface area contributed by atoms with Crippen LogP contribution in [0.1, 0.15) is 31.8 Å². The van der Waals surface area contributed by atoms with Gasteiger partial charge in [0.15, 0.2) is 0 Å². The van der Waals surface area contributed by atoms with Crippen LogP contribution in [0, 0.1) is 0 Å². The van der Waals surface area contributed by atoms with Crippen molar-refractivity contribution in [3.05, 3.63) is 107 Å². The standard InChI is InChI=1S/C30H26N4O6/c35-27(33-25(29(37)38)13-19-15-31-23-7-3-1-5-21(19)23)17-9-11-18(12-10-17)28(36)34-26(30(39)40)14-20-16-32-24-8-4-2-6-22(20)24/h1-12,15-16,25-26,31-32H,13-14H2,(H,33,35)(H,34,36)(H,37,38)(H,39,40). The highest BCUT2D eigenvalue weighted by atomic mass is 16.4. The van der Waals surface area contributed by atoms with Gasteiger partial charge in [-0.15, -0.1) is 0 Å². The number of aromatic amines is 2. The molecular weight excluding hydrogens is 512 g/mol. The quantitative estimate of drug-likeness (QED) is 0.159. The molecule has 0 saturated heterocycles. The van der Waals surface area contributed by atoms with Gasteiger partial charge in [0.05, 0.1) is 0 Å². The van der Waals surface area contributed by atoms with Gasteiger partial charge in [0.2, 0.25) is 0 Å². The molecule has 10 heteroatoms. The average molecular weight is 539 g/mol. The summed E-state index contributed by atoms with van der Waals surface area (Å²) in [5, 5.41) is 26.2. The number of para-hydroxylation sites is 2. The van der Waals surface area contributed by atoms with E-state index in [9.17, 15) is 29.4 Å². The van der Waals surface area contributed by atoms with Crippen molar-refractivity contribution in [1.82, 2.24) is 20.6 Å². The predicted molar refractivity (Wildman–Crippen MR) is 148 cm³/mol. The molecule has 2 heterocycles. The summed E-state index contributed by atoms with van der Waals surface area (Å²) >= 11 is 0. The van der Waals surface area contributed by atoms with Crippen LogP contribution in [0.2, 0.25) is 0 Å². The Morgan fingerprint density at radius 3 is 1.35 bits per heavy atom. The van der Waals surface area contributed by atoms with Crippen LogP contribution in [-0.4, -0.2) is 56.0 Å². The number of benzene rings is 3. The molecule has 2 unspecified atom stereocenters. The van der Waals surface area contributed by atoms with Crippen LogP contribution in [0.25, 0.3) is 21.8 Å². The van der Waals surface area contributed by atoms with E-state index in [1.54, 1.807) is 12.4 Å². The minimum absolute atomic E-state index is 0.0819. The third-order valence-corrected chi connectivity index (χ3v) is 6.81. The van der Waals surface area contributed by atoms with Gasteiger partial charge < -0.3 is 30.8 Å². The second-order valence-electron chi connectivity index (χ2n) is 9.43. The summed E-state index contributed by atoms with van der Waals surface area (Å²) in [6.45, 7) is 0. The molecule has 5 rings (SSSR count). The molecule has 6 N–H and O–H groups in total. The fraction of sp³-hybridized carbons (Fsp3) is 0.133. The zero-order valence-electron chi connectivity index (χ0n) is 21.2. The summed E-state index contributed by atoms with van der Waals surface area (Å²) < 4.78 is 0. The summed E-state index contributed by atoms with van der Waals surface area (Å²) in [4.78, 5) is 55.6. The maximum atomic E-state index is 12.8. The average Bonchev–Trinajstić information content (AvgIpc) is 3.56. The summed E-state index contributed by atoms with van der Waals surface area (Å²) in [6, 6.07) is 18.2. The molecule has 0 aliphatic carbocycles. The number of rotatable bonds is 10. The van der Waals surface area contributed by atoms with E-state index >= 15 is 0 Å². The number of nitrogens with one attached hydrogen (secondary N) is 4. The van der Waals surface area contributed by atoms with Crippen LogP contribution >= 0.6 is 0 Å². The van der Waals surface area contributed by atoms with Crippen LogP contribution < -0.4 is 10.6 Å². The number of aliphatic carboxylic acids is 2. The second kappa shape index (κ2) is 11.2. The number of aromatic nitrogens is 2. The maximum absolute atomic E-state index is 12.8. The molecule has 5 aromatic rings. The van der Waals surface area contributed by atoms with Crippen LogP contribution in [0.5, 0.6) is 0 Å². The van der Waals surface area contributed by atoms with Gasteiger partial charge in [0.1, 0.15) is 12.1 Å². The first kappa shape index (κ1) is 26.2. The third kappa shape index (κ3) is 5.56. The highest BCUT2D eigenvalue weighted by molar-refractivity contribution is 6.00. The Morgan fingerprint density at radius 1 is 0.600 bits per heavy atom. The van der Waals surface area contributed by atoms with E-state index in [1.807, 2.05) is 48.5 Å². The molecule has 0 aliphatic heterocycles. The van der Waals surface area contributed by atoms with E-state index in [1.165, 1.54) is 24.3 Å². The fourth-order valence-corrected chi connectivity index (χ4v) is 4.70. The normalized spacial score (nSPS) is 12.6. The number of hydrogen-bond acceptors (Lipinski definition) is 4. The van der Waals surface area contributed by atoms with E-state index < -0.39 is 35.8 Å². The monoisotopic (exact) mass is 538 g/mol. The van der Waals surface area contributed by atoms with E-state index in [0.717, 1.165) is 32.9 Å². The minimum atomic E-state index is -1.18. The largest absolute Gasteiger partial charge is 0.480 e. The highest BCUT2D eigenvalue weighted by Gasteiger charge is 2.24. The molecule has 2 amide bonds. The van der Waals surface area contributed by atoms with Crippen molar-refractivity contribution in [3.63, 3.8) is 0 Å². The minimum Gasteiger partial charge on any atom is -0.480 e. The van der Waals surface area contributed by atoms with Crippen molar-refractivity contribution in [3.8, 4) is 0 Å². The van der Waals surface area contributed by atoms with E-state index in [2.05, 4.69) is 20.6 Å². The van der Waals surface area contributed by atoms with E-state index in [0.29, 0.717) is 0 Å². The molecule has 0 saturated carbocycles. The fourth-order valence-electron chi connectivity index (χ4n) is 4.70. The lowest BCUT2D eigenvalue weighted by Gasteiger charge is -2.15. The van der Waals surface area contributed by atoms with Crippen molar-refractivity contribution in [2.24, 2.45) is 0 Å². The van der Waals surface area contributed by atoms with Gasteiger partial charge in [-0.05, 0) is 47.5 Å². The van der Waals surface area contributed by atoms with Crippen LogP contribution in [0.4, 0.5) is 0 Å². The molecule has 10 nitrogen and oxygen atoms in total. The number of fused-ring (bicyclic) bond motifs is 2. The molecule has 0 radical (unpaired) electrons. The summed E-state index contributed by atoms with van der Waals surface area (Å²) in [5.41, 5.74) is 3.58. The van der Waals surface area contributed by atoms with Gasteiger partial charge in [-0.2, -0.15) is 0 Å². The maximum Gasteiger partial charge on any atom is 0.326 e. The number of hydrogen-bond donors (Lipinski definition) is 6. The molecule has 2 aromatic heterocycles. The van der Waals surface area contributed by atoms with Gasteiger partial charge in [-0.25, -0.2) is 9.59 Å². The Hall–Kier alpha value is -5.38. The summed E-state index contributed by atoms with van der Waals surface area (Å²) in [6.07, 6.45) is 3.61. The molecule has 0 bridgehead atoms. The summed E-state index contributed by atoms with van der Waals surface area (Å²) in [7, 11) is 0. The van der Waals surface area contributed by atoms with Crippen molar-refractivity contribution in [1.29, 1.82) is 0 Å². The van der Waals surface area contributed by atoms with Gasteiger partial charge in [0.25, 0.3) is 11.8 Å². The molecule has 2 atom stereocenters. The lowest BCUT2D eigenvalue weighted by molar-refractivity contribution is -0.140. The molecule has 3 aromatic carbocycles. The second-order valence-corrected chi connectivity index (χ2v) is 9.43. The van der Waals surface area contributed by atoms with Gasteiger partial charge in [-0.1, -0.05) is 36.4 Å².